The van der Waals surface area contributed by atoms with E-state index in [0.717, 1.165) is 22.0 Å². The summed E-state index contributed by atoms with van der Waals surface area (Å²) >= 11 is 11.9. The molecule has 0 aliphatic carbocycles. The van der Waals surface area contributed by atoms with Gasteiger partial charge in [0.05, 0.1) is 5.02 Å². The molecule has 4 heteroatoms. The molecule has 0 bridgehead atoms. The third-order valence-corrected chi connectivity index (χ3v) is 3.18. The fourth-order valence-corrected chi connectivity index (χ4v) is 1.94. The predicted octanol–water partition coefficient (Wildman–Crippen LogP) is 4.79. The van der Waals surface area contributed by atoms with Gasteiger partial charge in [0.1, 0.15) is 12.4 Å². The molecule has 0 spiro atoms. The minimum absolute atomic E-state index is 0.547. The highest BCUT2D eigenvalue weighted by atomic mass is 35.5. The summed E-state index contributed by atoms with van der Waals surface area (Å²) in [5.41, 5.74) is 2.15. The summed E-state index contributed by atoms with van der Waals surface area (Å²) in [6, 6.07) is 13.3. The largest absolute Gasteiger partial charge is 0.490 e. The summed E-state index contributed by atoms with van der Waals surface area (Å²) in [4.78, 5) is 0. The van der Waals surface area contributed by atoms with Crippen molar-refractivity contribution < 1.29 is 4.74 Å². The highest BCUT2D eigenvalue weighted by Crippen LogP contribution is 2.25. The van der Waals surface area contributed by atoms with E-state index in [-0.39, 0.29) is 0 Å². The average Bonchev–Trinajstić information content (AvgIpc) is 2.40. The Morgan fingerprint density at radius 1 is 1.05 bits per heavy atom. The maximum absolute atomic E-state index is 6.05. The molecule has 0 heterocycles. The Bertz CT molecular complexity index is 540. The average molecular weight is 296 g/mol. The van der Waals surface area contributed by atoms with Gasteiger partial charge < -0.3 is 10.1 Å². The van der Waals surface area contributed by atoms with E-state index in [0.29, 0.717) is 18.2 Å². The van der Waals surface area contributed by atoms with Gasteiger partial charge in [0, 0.05) is 17.3 Å². The van der Waals surface area contributed by atoms with Crippen molar-refractivity contribution in [2.45, 2.75) is 6.92 Å². The molecular formula is C15H15Cl2NO. The van der Waals surface area contributed by atoms with Crippen molar-refractivity contribution in [3.8, 4) is 5.75 Å². The van der Waals surface area contributed by atoms with Crippen LogP contribution in [0.2, 0.25) is 10.0 Å². The molecule has 2 rings (SSSR count). The van der Waals surface area contributed by atoms with Crippen molar-refractivity contribution in [1.29, 1.82) is 0 Å². The topological polar surface area (TPSA) is 21.3 Å². The van der Waals surface area contributed by atoms with Crippen molar-refractivity contribution in [3.05, 3.63) is 58.1 Å². The quantitative estimate of drug-likeness (QED) is 0.801. The van der Waals surface area contributed by atoms with E-state index in [1.807, 2.05) is 49.4 Å². The zero-order chi connectivity index (χ0) is 13.7. The van der Waals surface area contributed by atoms with Crippen molar-refractivity contribution in [1.82, 2.24) is 0 Å². The first-order valence-corrected chi connectivity index (χ1v) is 6.79. The van der Waals surface area contributed by atoms with E-state index in [2.05, 4.69) is 5.32 Å². The highest BCUT2D eigenvalue weighted by Gasteiger charge is 2.01. The second-order valence-electron chi connectivity index (χ2n) is 4.22. The zero-order valence-corrected chi connectivity index (χ0v) is 12.1. The minimum Gasteiger partial charge on any atom is -0.490 e. The molecule has 0 radical (unpaired) electrons. The van der Waals surface area contributed by atoms with Crippen LogP contribution in [0.25, 0.3) is 0 Å². The van der Waals surface area contributed by atoms with Crippen molar-refractivity contribution in [2.24, 2.45) is 0 Å². The number of aryl methyl sites for hydroxylation is 1. The second-order valence-corrected chi connectivity index (χ2v) is 5.06. The summed E-state index contributed by atoms with van der Waals surface area (Å²) in [7, 11) is 0. The maximum Gasteiger partial charge on any atom is 0.138 e. The van der Waals surface area contributed by atoms with Crippen LogP contribution in [0.4, 0.5) is 5.69 Å². The Hall–Kier alpha value is -1.38. The molecule has 0 saturated heterocycles. The van der Waals surface area contributed by atoms with Crippen LogP contribution < -0.4 is 10.1 Å². The Morgan fingerprint density at radius 3 is 2.53 bits per heavy atom. The molecule has 0 atom stereocenters. The maximum atomic E-state index is 6.05. The van der Waals surface area contributed by atoms with Gasteiger partial charge in [-0.2, -0.15) is 0 Å². The standard InChI is InChI=1S/C15H15Cl2NO/c1-11-2-7-14(17)15(10-11)19-9-8-18-13-5-3-12(16)4-6-13/h2-7,10,18H,8-9H2,1H3. The van der Waals surface area contributed by atoms with E-state index in [1.54, 1.807) is 0 Å². The fourth-order valence-electron chi connectivity index (χ4n) is 1.65. The summed E-state index contributed by atoms with van der Waals surface area (Å²) in [6.07, 6.45) is 0. The summed E-state index contributed by atoms with van der Waals surface area (Å²) in [5, 5.41) is 4.62. The van der Waals surface area contributed by atoms with Gasteiger partial charge in [0.15, 0.2) is 0 Å². The Labute approximate surface area is 123 Å². The summed E-state index contributed by atoms with van der Waals surface area (Å²) < 4.78 is 5.64. The van der Waals surface area contributed by atoms with Crippen molar-refractivity contribution >= 4 is 28.9 Å². The van der Waals surface area contributed by atoms with Gasteiger partial charge in [-0.05, 0) is 48.9 Å². The summed E-state index contributed by atoms with van der Waals surface area (Å²) in [6.45, 7) is 3.26. The smallest absolute Gasteiger partial charge is 0.138 e. The number of nitrogens with one attached hydrogen (secondary N) is 1. The third-order valence-electron chi connectivity index (χ3n) is 2.62. The lowest BCUT2D eigenvalue weighted by Gasteiger charge is -2.10. The molecule has 0 aliphatic rings. The zero-order valence-electron chi connectivity index (χ0n) is 10.6. The van der Waals surface area contributed by atoms with Gasteiger partial charge in [-0.15, -0.1) is 0 Å². The molecule has 0 aromatic heterocycles. The van der Waals surface area contributed by atoms with E-state index >= 15 is 0 Å². The van der Waals surface area contributed by atoms with Crippen LogP contribution in [0, 0.1) is 6.92 Å². The number of rotatable bonds is 5. The first-order valence-electron chi connectivity index (χ1n) is 6.03. The first-order chi connectivity index (χ1) is 9.15. The lowest BCUT2D eigenvalue weighted by atomic mass is 10.2. The third kappa shape index (κ3) is 4.34. The van der Waals surface area contributed by atoms with Crippen molar-refractivity contribution in [3.63, 3.8) is 0 Å². The van der Waals surface area contributed by atoms with E-state index in [9.17, 15) is 0 Å². The van der Waals surface area contributed by atoms with Crippen LogP contribution in [0.1, 0.15) is 5.56 Å². The first kappa shape index (κ1) is 14.0. The number of hydrogen-bond donors (Lipinski definition) is 1. The molecule has 0 saturated carbocycles. The molecule has 0 fully saturated rings. The van der Waals surface area contributed by atoms with Crippen LogP contribution in [0.15, 0.2) is 42.5 Å². The molecule has 0 amide bonds. The molecule has 100 valence electrons. The van der Waals surface area contributed by atoms with Crippen LogP contribution in [-0.4, -0.2) is 13.2 Å². The molecule has 2 aromatic rings. The van der Waals surface area contributed by atoms with Gasteiger partial charge in [-0.25, -0.2) is 0 Å². The fraction of sp³-hybridized carbons (Fsp3) is 0.200. The SMILES string of the molecule is Cc1ccc(Cl)c(OCCNc2ccc(Cl)cc2)c1. The lowest BCUT2D eigenvalue weighted by molar-refractivity contribution is 0.333. The molecule has 0 aliphatic heterocycles. The molecule has 1 N–H and O–H groups in total. The Balaban J connectivity index is 1.80. The molecule has 0 unspecified atom stereocenters. The van der Waals surface area contributed by atoms with E-state index in [1.165, 1.54) is 0 Å². The van der Waals surface area contributed by atoms with Crippen molar-refractivity contribution in [2.75, 3.05) is 18.5 Å². The van der Waals surface area contributed by atoms with Gasteiger partial charge in [0.2, 0.25) is 0 Å². The molecule has 2 aromatic carbocycles. The van der Waals surface area contributed by atoms with E-state index < -0.39 is 0 Å². The minimum atomic E-state index is 0.547. The van der Waals surface area contributed by atoms with Crippen LogP contribution in [0.3, 0.4) is 0 Å². The molecule has 19 heavy (non-hydrogen) atoms. The van der Waals surface area contributed by atoms with Gasteiger partial charge >= 0.3 is 0 Å². The number of halogens is 2. The van der Waals surface area contributed by atoms with Crippen LogP contribution >= 0.6 is 23.2 Å². The molecular weight excluding hydrogens is 281 g/mol. The Kier molecular flexibility index (Phi) is 4.94. The van der Waals surface area contributed by atoms with Gasteiger partial charge in [0.25, 0.3) is 0 Å². The number of hydrogen-bond acceptors (Lipinski definition) is 2. The summed E-state index contributed by atoms with van der Waals surface area (Å²) in [5.74, 6) is 0.722. The number of anilines is 1. The van der Waals surface area contributed by atoms with Gasteiger partial charge in [-0.1, -0.05) is 29.3 Å². The van der Waals surface area contributed by atoms with Crippen LogP contribution in [-0.2, 0) is 0 Å². The second kappa shape index (κ2) is 6.69. The predicted molar refractivity (Wildman–Crippen MR) is 81.6 cm³/mol. The monoisotopic (exact) mass is 295 g/mol. The number of ether oxygens (including phenoxy) is 1. The molecule has 2 nitrogen and oxygen atoms in total. The highest BCUT2D eigenvalue weighted by molar-refractivity contribution is 6.32. The Morgan fingerprint density at radius 2 is 1.79 bits per heavy atom. The normalized spacial score (nSPS) is 10.3. The lowest BCUT2D eigenvalue weighted by Crippen LogP contribution is -2.11. The van der Waals surface area contributed by atoms with E-state index in [4.69, 9.17) is 27.9 Å². The number of benzene rings is 2. The van der Waals surface area contributed by atoms with Crippen LogP contribution in [0.5, 0.6) is 5.75 Å². The van der Waals surface area contributed by atoms with Gasteiger partial charge in [-0.3, -0.25) is 0 Å².